The minimum Gasteiger partial charge on any atom is -0.354 e. The number of nitrogens with zero attached hydrogens (tertiary/aromatic N) is 3. The van der Waals surface area contributed by atoms with Crippen molar-refractivity contribution in [2.75, 3.05) is 18.0 Å². The lowest BCUT2D eigenvalue weighted by atomic mass is 10.1. The van der Waals surface area contributed by atoms with Gasteiger partial charge in [-0.05, 0) is 31.0 Å². The number of aryl methyl sites for hydroxylation is 1. The van der Waals surface area contributed by atoms with E-state index in [1.165, 1.54) is 5.56 Å². The molecule has 0 aliphatic carbocycles. The van der Waals surface area contributed by atoms with Crippen LogP contribution in [-0.4, -0.2) is 29.1 Å². The topological polar surface area (TPSA) is 55.0 Å². The first kappa shape index (κ1) is 10.5. The normalized spacial score (nSPS) is 20.1. The largest absolute Gasteiger partial charge is 0.354 e. The van der Waals surface area contributed by atoms with E-state index in [2.05, 4.69) is 40.0 Å². The molecule has 1 aromatic carbocycles. The van der Waals surface area contributed by atoms with Crippen LogP contribution in [0.2, 0.25) is 0 Å². The summed E-state index contributed by atoms with van der Waals surface area (Å²) in [5, 5.41) is 1.12. The van der Waals surface area contributed by atoms with Gasteiger partial charge in [0.1, 0.15) is 12.1 Å². The van der Waals surface area contributed by atoms with Gasteiger partial charge >= 0.3 is 0 Å². The summed E-state index contributed by atoms with van der Waals surface area (Å²) in [6.07, 6.45) is 2.68. The highest BCUT2D eigenvalue weighted by Gasteiger charge is 2.21. The van der Waals surface area contributed by atoms with Crippen molar-refractivity contribution in [2.45, 2.75) is 19.4 Å². The molecular weight excluding hydrogens is 212 g/mol. The lowest BCUT2D eigenvalue weighted by molar-refractivity contribution is 0.751. The Morgan fingerprint density at radius 1 is 1.35 bits per heavy atom. The van der Waals surface area contributed by atoms with Gasteiger partial charge in [-0.3, -0.25) is 0 Å². The highest BCUT2D eigenvalue weighted by atomic mass is 15.2. The summed E-state index contributed by atoms with van der Waals surface area (Å²) in [7, 11) is 0. The fourth-order valence-corrected chi connectivity index (χ4v) is 2.38. The predicted octanol–water partition coefficient (Wildman–Crippen LogP) is 1.48. The lowest BCUT2D eigenvalue weighted by Gasteiger charge is -2.18. The van der Waals surface area contributed by atoms with E-state index in [-0.39, 0.29) is 6.04 Å². The fourth-order valence-electron chi connectivity index (χ4n) is 2.38. The van der Waals surface area contributed by atoms with E-state index in [1.54, 1.807) is 6.33 Å². The third kappa shape index (κ3) is 1.85. The Balaban J connectivity index is 2.10. The molecule has 0 spiro atoms. The predicted molar refractivity (Wildman–Crippen MR) is 69.1 cm³/mol. The highest BCUT2D eigenvalue weighted by Crippen LogP contribution is 2.26. The lowest BCUT2D eigenvalue weighted by Crippen LogP contribution is -2.27. The second kappa shape index (κ2) is 3.96. The zero-order valence-electron chi connectivity index (χ0n) is 9.93. The van der Waals surface area contributed by atoms with Crippen LogP contribution < -0.4 is 10.6 Å². The Morgan fingerprint density at radius 3 is 3.00 bits per heavy atom. The van der Waals surface area contributed by atoms with Crippen LogP contribution in [-0.2, 0) is 0 Å². The monoisotopic (exact) mass is 228 g/mol. The highest BCUT2D eigenvalue weighted by molar-refractivity contribution is 5.89. The third-order valence-electron chi connectivity index (χ3n) is 3.30. The van der Waals surface area contributed by atoms with Crippen LogP contribution in [0.4, 0.5) is 5.82 Å². The summed E-state index contributed by atoms with van der Waals surface area (Å²) >= 11 is 0. The number of benzene rings is 1. The minimum absolute atomic E-state index is 0.269. The van der Waals surface area contributed by atoms with Gasteiger partial charge in [0.05, 0.1) is 5.52 Å². The second-order valence-electron chi connectivity index (χ2n) is 4.71. The first-order valence-electron chi connectivity index (χ1n) is 5.96. The molecule has 0 radical (unpaired) electrons. The molecule has 0 saturated carbocycles. The van der Waals surface area contributed by atoms with Gasteiger partial charge in [0.2, 0.25) is 0 Å². The van der Waals surface area contributed by atoms with E-state index in [4.69, 9.17) is 5.73 Å². The number of hydrogen-bond acceptors (Lipinski definition) is 4. The van der Waals surface area contributed by atoms with Crippen LogP contribution in [0.25, 0.3) is 10.9 Å². The van der Waals surface area contributed by atoms with Crippen molar-refractivity contribution >= 4 is 16.7 Å². The minimum atomic E-state index is 0.269. The van der Waals surface area contributed by atoms with Crippen molar-refractivity contribution < 1.29 is 0 Å². The van der Waals surface area contributed by atoms with Gasteiger partial charge in [0.15, 0.2) is 0 Å². The molecule has 1 aliphatic heterocycles. The Morgan fingerprint density at radius 2 is 2.24 bits per heavy atom. The van der Waals surface area contributed by atoms with Crippen LogP contribution in [0.15, 0.2) is 24.5 Å². The molecule has 2 aromatic rings. The van der Waals surface area contributed by atoms with E-state index in [1.807, 2.05) is 0 Å². The van der Waals surface area contributed by atoms with Crippen LogP contribution in [0.5, 0.6) is 0 Å². The van der Waals surface area contributed by atoms with E-state index in [9.17, 15) is 0 Å². The van der Waals surface area contributed by atoms with Crippen LogP contribution >= 0.6 is 0 Å². The molecule has 17 heavy (non-hydrogen) atoms. The van der Waals surface area contributed by atoms with Gasteiger partial charge in [-0.25, -0.2) is 9.97 Å². The molecule has 1 aromatic heterocycles. The summed E-state index contributed by atoms with van der Waals surface area (Å²) < 4.78 is 0. The molecule has 0 unspecified atom stereocenters. The maximum absolute atomic E-state index is 5.95. The van der Waals surface area contributed by atoms with Crippen molar-refractivity contribution in [3.8, 4) is 0 Å². The Labute approximate surface area is 100 Å². The summed E-state index contributed by atoms with van der Waals surface area (Å²) in [5.74, 6) is 1.02. The smallest absolute Gasteiger partial charge is 0.139 e. The molecule has 1 fully saturated rings. The fraction of sp³-hybridized carbons (Fsp3) is 0.385. The van der Waals surface area contributed by atoms with Crippen molar-refractivity contribution in [3.63, 3.8) is 0 Å². The number of fused-ring (bicyclic) bond motifs is 1. The summed E-state index contributed by atoms with van der Waals surface area (Å²) in [6.45, 7) is 3.95. The Hall–Kier alpha value is -1.68. The zero-order chi connectivity index (χ0) is 11.8. The molecule has 1 aliphatic rings. The van der Waals surface area contributed by atoms with Crippen molar-refractivity contribution in [1.82, 2.24) is 9.97 Å². The third-order valence-corrected chi connectivity index (χ3v) is 3.30. The van der Waals surface area contributed by atoms with Gasteiger partial charge in [-0.2, -0.15) is 0 Å². The van der Waals surface area contributed by atoms with E-state index in [0.29, 0.717) is 0 Å². The van der Waals surface area contributed by atoms with E-state index < -0.39 is 0 Å². The second-order valence-corrected chi connectivity index (χ2v) is 4.71. The maximum Gasteiger partial charge on any atom is 0.139 e. The molecule has 2 N–H and O–H groups in total. The Bertz CT molecular complexity index is 552. The van der Waals surface area contributed by atoms with Crippen LogP contribution in [0.3, 0.4) is 0 Å². The molecular formula is C13H16N4. The average Bonchev–Trinajstić information content (AvgIpc) is 2.74. The van der Waals surface area contributed by atoms with Gasteiger partial charge in [-0.1, -0.05) is 6.07 Å². The van der Waals surface area contributed by atoms with Crippen molar-refractivity contribution in [3.05, 3.63) is 30.1 Å². The van der Waals surface area contributed by atoms with Gasteiger partial charge in [-0.15, -0.1) is 0 Å². The first-order chi connectivity index (χ1) is 8.24. The molecule has 88 valence electrons. The van der Waals surface area contributed by atoms with Gasteiger partial charge in [0.25, 0.3) is 0 Å². The molecule has 4 nitrogen and oxygen atoms in total. The molecule has 3 rings (SSSR count). The average molecular weight is 228 g/mol. The zero-order valence-corrected chi connectivity index (χ0v) is 9.93. The molecule has 0 bridgehead atoms. The molecule has 1 atom stereocenters. The molecule has 0 amide bonds. The molecule has 4 heteroatoms. The van der Waals surface area contributed by atoms with Crippen molar-refractivity contribution in [2.24, 2.45) is 5.73 Å². The Kier molecular flexibility index (Phi) is 2.44. The number of anilines is 1. The summed E-state index contributed by atoms with van der Waals surface area (Å²) in [6, 6.07) is 6.57. The SMILES string of the molecule is Cc1ccc2c(N3CC[C@@H](N)C3)ncnc2c1. The summed E-state index contributed by atoms with van der Waals surface area (Å²) in [4.78, 5) is 11.0. The maximum atomic E-state index is 5.95. The first-order valence-corrected chi connectivity index (χ1v) is 5.96. The number of aromatic nitrogens is 2. The standard InChI is InChI=1S/C13H16N4/c1-9-2-3-11-12(6-9)15-8-16-13(11)17-5-4-10(14)7-17/h2-3,6,8,10H,4-5,7,14H2,1H3/t10-/m1/s1. The van der Waals surface area contributed by atoms with Gasteiger partial charge in [0, 0.05) is 24.5 Å². The van der Waals surface area contributed by atoms with Crippen LogP contribution in [0.1, 0.15) is 12.0 Å². The van der Waals surface area contributed by atoms with E-state index in [0.717, 1.165) is 36.2 Å². The summed E-state index contributed by atoms with van der Waals surface area (Å²) in [5.41, 5.74) is 8.18. The molecule has 2 heterocycles. The van der Waals surface area contributed by atoms with Gasteiger partial charge < -0.3 is 10.6 Å². The number of hydrogen-bond donors (Lipinski definition) is 1. The van der Waals surface area contributed by atoms with Crippen LogP contribution in [0, 0.1) is 6.92 Å². The van der Waals surface area contributed by atoms with Crippen molar-refractivity contribution in [1.29, 1.82) is 0 Å². The van der Waals surface area contributed by atoms with E-state index >= 15 is 0 Å². The number of nitrogens with two attached hydrogens (primary N) is 1. The molecule has 1 saturated heterocycles. The number of rotatable bonds is 1. The quantitative estimate of drug-likeness (QED) is 0.803.